The largest absolute Gasteiger partial charge is 0.497 e. The van der Waals surface area contributed by atoms with Gasteiger partial charge >= 0.3 is 0 Å². The van der Waals surface area contributed by atoms with Crippen LogP contribution in [0, 0.1) is 6.92 Å². The molecule has 0 bridgehead atoms. The van der Waals surface area contributed by atoms with Gasteiger partial charge in [0.15, 0.2) is 0 Å². The van der Waals surface area contributed by atoms with Gasteiger partial charge in [0.1, 0.15) is 17.2 Å². The summed E-state index contributed by atoms with van der Waals surface area (Å²) >= 11 is 0. The van der Waals surface area contributed by atoms with Crippen molar-refractivity contribution in [3.8, 4) is 22.8 Å². The molecule has 3 rings (SSSR count). The molecule has 1 amide bonds. The van der Waals surface area contributed by atoms with Crippen molar-refractivity contribution >= 4 is 5.91 Å². The number of carbonyl (C=O) groups excluding carboxylic acids is 1. The third-order valence-corrected chi connectivity index (χ3v) is 4.29. The predicted octanol–water partition coefficient (Wildman–Crippen LogP) is 3.37. The molecule has 0 aliphatic carbocycles. The van der Waals surface area contributed by atoms with E-state index in [1.807, 2.05) is 18.2 Å². The lowest BCUT2D eigenvalue weighted by Gasteiger charge is -2.08. The highest BCUT2D eigenvalue weighted by Crippen LogP contribution is 2.32. The average molecular weight is 365 g/mol. The molecule has 0 spiro atoms. The zero-order chi connectivity index (χ0) is 19.2. The van der Waals surface area contributed by atoms with Crippen molar-refractivity contribution in [1.82, 2.24) is 15.5 Å². The second kappa shape index (κ2) is 8.40. The Bertz CT molecular complexity index is 934. The number of H-pyrrole nitrogens is 1. The Balaban J connectivity index is 1.65. The number of methoxy groups -OCH3 is 2. The Labute approximate surface area is 158 Å². The van der Waals surface area contributed by atoms with Crippen LogP contribution in [0.2, 0.25) is 0 Å². The number of carbonyl (C=O) groups is 1. The molecule has 0 radical (unpaired) electrons. The summed E-state index contributed by atoms with van der Waals surface area (Å²) in [5.74, 6) is 1.14. The molecule has 1 heterocycles. The van der Waals surface area contributed by atoms with Crippen molar-refractivity contribution in [2.24, 2.45) is 0 Å². The fraction of sp³-hybridized carbons (Fsp3) is 0.238. The van der Waals surface area contributed by atoms with E-state index in [0.717, 1.165) is 12.0 Å². The lowest BCUT2D eigenvalue weighted by Crippen LogP contribution is -2.26. The molecular weight excluding hydrogens is 342 g/mol. The minimum Gasteiger partial charge on any atom is -0.497 e. The topological polar surface area (TPSA) is 76.2 Å². The average Bonchev–Trinajstić information content (AvgIpc) is 3.17. The molecule has 0 aliphatic heterocycles. The standard InChI is InChI=1S/C21H23N3O3/c1-14-5-4-6-15(11-14)9-10-22-21(25)19-13-18(23-24-19)17-8-7-16(26-2)12-20(17)27-3/h4-8,11-13H,9-10H2,1-3H3,(H,22,25)(H,23,24). The van der Waals surface area contributed by atoms with Crippen LogP contribution in [0.25, 0.3) is 11.3 Å². The number of aromatic amines is 1. The molecule has 3 aromatic rings. The van der Waals surface area contributed by atoms with E-state index in [0.29, 0.717) is 29.4 Å². The third-order valence-electron chi connectivity index (χ3n) is 4.29. The Kier molecular flexibility index (Phi) is 5.76. The number of aryl methyl sites for hydroxylation is 1. The van der Waals surface area contributed by atoms with Crippen LogP contribution >= 0.6 is 0 Å². The fourth-order valence-corrected chi connectivity index (χ4v) is 2.87. The first-order chi connectivity index (χ1) is 13.1. The summed E-state index contributed by atoms with van der Waals surface area (Å²) in [6.07, 6.45) is 0.778. The Morgan fingerprint density at radius 1 is 1.11 bits per heavy atom. The number of rotatable bonds is 7. The quantitative estimate of drug-likeness (QED) is 0.673. The Morgan fingerprint density at radius 2 is 1.96 bits per heavy atom. The molecule has 0 unspecified atom stereocenters. The number of amides is 1. The summed E-state index contributed by atoms with van der Waals surface area (Å²) in [5, 5.41) is 9.95. The van der Waals surface area contributed by atoms with E-state index < -0.39 is 0 Å². The molecule has 0 atom stereocenters. The van der Waals surface area contributed by atoms with Crippen LogP contribution in [0.15, 0.2) is 48.5 Å². The van der Waals surface area contributed by atoms with E-state index in [1.54, 1.807) is 26.4 Å². The Hall–Kier alpha value is -3.28. The van der Waals surface area contributed by atoms with Gasteiger partial charge in [-0.3, -0.25) is 9.89 Å². The molecule has 140 valence electrons. The highest BCUT2D eigenvalue weighted by Gasteiger charge is 2.14. The first-order valence-corrected chi connectivity index (χ1v) is 8.72. The number of nitrogens with zero attached hydrogens (tertiary/aromatic N) is 1. The zero-order valence-electron chi connectivity index (χ0n) is 15.7. The predicted molar refractivity (Wildman–Crippen MR) is 104 cm³/mol. The van der Waals surface area contributed by atoms with Gasteiger partial charge in [0.05, 0.1) is 19.9 Å². The lowest BCUT2D eigenvalue weighted by atomic mass is 10.1. The fourth-order valence-electron chi connectivity index (χ4n) is 2.87. The molecule has 2 aromatic carbocycles. The molecule has 0 saturated heterocycles. The van der Waals surface area contributed by atoms with E-state index in [2.05, 4.69) is 40.6 Å². The van der Waals surface area contributed by atoms with Gasteiger partial charge in [0.25, 0.3) is 5.91 Å². The van der Waals surface area contributed by atoms with E-state index >= 15 is 0 Å². The normalized spacial score (nSPS) is 10.5. The minimum atomic E-state index is -0.186. The van der Waals surface area contributed by atoms with E-state index in [-0.39, 0.29) is 5.91 Å². The molecule has 0 fully saturated rings. The summed E-state index contributed by atoms with van der Waals surface area (Å²) in [6, 6.07) is 15.4. The molecule has 27 heavy (non-hydrogen) atoms. The van der Waals surface area contributed by atoms with Crippen LogP contribution in [0.1, 0.15) is 21.6 Å². The molecule has 0 saturated carbocycles. The van der Waals surface area contributed by atoms with Crippen LogP contribution in [0.3, 0.4) is 0 Å². The van der Waals surface area contributed by atoms with E-state index in [1.165, 1.54) is 11.1 Å². The van der Waals surface area contributed by atoms with Crippen molar-refractivity contribution in [3.63, 3.8) is 0 Å². The van der Waals surface area contributed by atoms with Crippen molar-refractivity contribution in [3.05, 3.63) is 65.4 Å². The van der Waals surface area contributed by atoms with Crippen molar-refractivity contribution in [1.29, 1.82) is 0 Å². The van der Waals surface area contributed by atoms with Gasteiger partial charge in [-0.05, 0) is 37.1 Å². The second-order valence-corrected chi connectivity index (χ2v) is 6.23. The van der Waals surface area contributed by atoms with Gasteiger partial charge in [-0.2, -0.15) is 5.10 Å². The van der Waals surface area contributed by atoms with Gasteiger partial charge in [0.2, 0.25) is 0 Å². The molecular formula is C21H23N3O3. The highest BCUT2D eigenvalue weighted by molar-refractivity contribution is 5.93. The number of aromatic nitrogens is 2. The first-order valence-electron chi connectivity index (χ1n) is 8.72. The number of hydrogen-bond donors (Lipinski definition) is 2. The van der Waals surface area contributed by atoms with Gasteiger partial charge in [0, 0.05) is 18.2 Å². The molecule has 2 N–H and O–H groups in total. The number of ether oxygens (including phenoxy) is 2. The smallest absolute Gasteiger partial charge is 0.269 e. The van der Waals surface area contributed by atoms with Crippen LogP contribution in [-0.2, 0) is 6.42 Å². The number of hydrogen-bond acceptors (Lipinski definition) is 4. The van der Waals surface area contributed by atoms with Crippen LogP contribution in [0.5, 0.6) is 11.5 Å². The minimum absolute atomic E-state index is 0.186. The maximum Gasteiger partial charge on any atom is 0.269 e. The number of nitrogens with one attached hydrogen (secondary N) is 2. The molecule has 6 nitrogen and oxygen atoms in total. The summed E-state index contributed by atoms with van der Waals surface area (Å²) in [6.45, 7) is 2.62. The van der Waals surface area contributed by atoms with Gasteiger partial charge in [-0.1, -0.05) is 29.8 Å². The van der Waals surface area contributed by atoms with Crippen molar-refractivity contribution in [2.45, 2.75) is 13.3 Å². The summed E-state index contributed by atoms with van der Waals surface area (Å²) in [4.78, 5) is 12.4. The van der Waals surface area contributed by atoms with E-state index in [9.17, 15) is 4.79 Å². The number of benzene rings is 2. The van der Waals surface area contributed by atoms with Gasteiger partial charge < -0.3 is 14.8 Å². The maximum atomic E-state index is 12.4. The second-order valence-electron chi connectivity index (χ2n) is 6.23. The monoisotopic (exact) mass is 365 g/mol. The van der Waals surface area contributed by atoms with Gasteiger partial charge in [-0.15, -0.1) is 0 Å². The third kappa shape index (κ3) is 4.47. The maximum absolute atomic E-state index is 12.4. The van der Waals surface area contributed by atoms with Crippen LogP contribution in [-0.4, -0.2) is 36.9 Å². The lowest BCUT2D eigenvalue weighted by molar-refractivity contribution is 0.0949. The molecule has 6 heteroatoms. The summed E-state index contributed by atoms with van der Waals surface area (Å²) < 4.78 is 10.6. The van der Waals surface area contributed by atoms with Gasteiger partial charge in [-0.25, -0.2) is 0 Å². The first kappa shape index (κ1) is 18.5. The van der Waals surface area contributed by atoms with Crippen molar-refractivity contribution in [2.75, 3.05) is 20.8 Å². The zero-order valence-corrected chi connectivity index (χ0v) is 15.7. The summed E-state index contributed by atoms with van der Waals surface area (Å²) in [5.41, 5.74) is 4.24. The van der Waals surface area contributed by atoms with Crippen LogP contribution in [0.4, 0.5) is 0 Å². The van der Waals surface area contributed by atoms with E-state index in [4.69, 9.17) is 9.47 Å². The van der Waals surface area contributed by atoms with Crippen molar-refractivity contribution < 1.29 is 14.3 Å². The Morgan fingerprint density at radius 3 is 2.70 bits per heavy atom. The highest BCUT2D eigenvalue weighted by atomic mass is 16.5. The summed E-state index contributed by atoms with van der Waals surface area (Å²) in [7, 11) is 3.19. The molecule has 1 aromatic heterocycles. The SMILES string of the molecule is COc1ccc(-c2cc(C(=O)NCCc3cccc(C)c3)[nH]n2)c(OC)c1. The molecule has 0 aliphatic rings. The van der Waals surface area contributed by atoms with Crippen LogP contribution < -0.4 is 14.8 Å².